The molecular weight excluding hydrogens is 397 g/mol. The molecule has 0 unspecified atom stereocenters. The second-order valence-electron chi connectivity index (χ2n) is 6.38. The lowest BCUT2D eigenvalue weighted by Gasteiger charge is -2.12. The lowest BCUT2D eigenvalue weighted by atomic mass is 10.2. The maximum Gasteiger partial charge on any atom is 0.270 e. The molecule has 0 radical (unpaired) electrons. The highest BCUT2D eigenvalue weighted by Gasteiger charge is 2.11. The molecule has 1 heterocycles. The molecule has 0 bridgehead atoms. The minimum Gasteiger partial charge on any atom is -0.484 e. The van der Waals surface area contributed by atoms with Crippen LogP contribution in [-0.2, 0) is 4.79 Å². The topological polar surface area (TPSA) is 72.4 Å². The Morgan fingerprint density at radius 1 is 1.03 bits per heavy atom. The van der Waals surface area contributed by atoms with E-state index in [2.05, 4.69) is 10.7 Å². The molecule has 29 heavy (non-hydrogen) atoms. The predicted molar refractivity (Wildman–Crippen MR) is 110 cm³/mol. The van der Waals surface area contributed by atoms with E-state index in [1.807, 2.05) is 26.0 Å². The monoisotopic (exact) mass is 415 g/mol. The molecule has 8 heteroatoms. The Bertz CT molecular complexity index is 1030. The van der Waals surface area contributed by atoms with E-state index < -0.39 is 11.7 Å². The summed E-state index contributed by atoms with van der Waals surface area (Å²) in [6.07, 6.45) is 0. The number of nitrogens with zero attached hydrogens (tertiary/aromatic N) is 1. The van der Waals surface area contributed by atoms with Gasteiger partial charge in [0.1, 0.15) is 11.6 Å². The molecular formula is C21H19ClFN3O3. The number of halogens is 2. The highest BCUT2D eigenvalue weighted by molar-refractivity contribution is 6.30. The Balaban J connectivity index is 1.55. The predicted octanol–water partition coefficient (Wildman–Crippen LogP) is 4.30. The van der Waals surface area contributed by atoms with Crippen LogP contribution < -0.4 is 15.5 Å². The Labute approximate surface area is 172 Å². The van der Waals surface area contributed by atoms with Crippen LogP contribution in [0.3, 0.4) is 0 Å². The first kappa shape index (κ1) is 20.4. The normalized spacial score (nSPS) is 10.5. The van der Waals surface area contributed by atoms with E-state index in [4.69, 9.17) is 16.3 Å². The number of benzene rings is 2. The SMILES string of the molecule is Cc1ccc(C)n1NC(=O)c1ccc(OCC(=O)Nc2cc(Cl)ccc2F)cc1. The smallest absolute Gasteiger partial charge is 0.270 e. The second-order valence-corrected chi connectivity index (χ2v) is 6.81. The third-order valence-corrected chi connectivity index (χ3v) is 4.41. The molecule has 2 aromatic carbocycles. The van der Waals surface area contributed by atoms with Gasteiger partial charge in [-0.3, -0.25) is 19.7 Å². The van der Waals surface area contributed by atoms with Crippen LogP contribution in [0.4, 0.5) is 10.1 Å². The number of ether oxygens (including phenoxy) is 1. The van der Waals surface area contributed by atoms with Crippen LogP contribution >= 0.6 is 11.6 Å². The lowest BCUT2D eigenvalue weighted by molar-refractivity contribution is -0.118. The van der Waals surface area contributed by atoms with Crippen LogP contribution in [0.25, 0.3) is 0 Å². The summed E-state index contributed by atoms with van der Waals surface area (Å²) < 4.78 is 20.7. The van der Waals surface area contributed by atoms with Crippen LogP contribution in [0.5, 0.6) is 5.75 Å². The van der Waals surface area contributed by atoms with Crippen molar-refractivity contribution in [1.29, 1.82) is 0 Å². The third kappa shape index (κ3) is 5.14. The van der Waals surface area contributed by atoms with Crippen molar-refractivity contribution in [3.63, 3.8) is 0 Å². The van der Waals surface area contributed by atoms with E-state index in [9.17, 15) is 14.0 Å². The van der Waals surface area contributed by atoms with E-state index in [1.165, 1.54) is 18.2 Å². The summed E-state index contributed by atoms with van der Waals surface area (Å²) in [4.78, 5) is 24.3. The summed E-state index contributed by atoms with van der Waals surface area (Å²) in [5, 5.41) is 2.70. The molecule has 0 aliphatic carbocycles. The van der Waals surface area contributed by atoms with Gasteiger partial charge in [0.15, 0.2) is 6.61 Å². The Morgan fingerprint density at radius 2 is 1.69 bits per heavy atom. The first-order valence-electron chi connectivity index (χ1n) is 8.77. The molecule has 6 nitrogen and oxygen atoms in total. The quantitative estimate of drug-likeness (QED) is 0.630. The standard InChI is InChI=1S/C21H19ClFN3O3/c1-13-3-4-14(2)26(13)25-21(28)15-5-8-17(9-6-15)29-12-20(27)24-19-11-16(22)7-10-18(19)23/h3-11H,12H2,1-2H3,(H,24,27)(H,25,28). The van der Waals surface area contributed by atoms with Crippen molar-refractivity contribution in [2.75, 3.05) is 17.3 Å². The van der Waals surface area contributed by atoms with Gasteiger partial charge in [0, 0.05) is 22.0 Å². The van der Waals surface area contributed by atoms with E-state index in [1.54, 1.807) is 28.9 Å². The van der Waals surface area contributed by atoms with Gasteiger partial charge < -0.3 is 10.1 Å². The van der Waals surface area contributed by atoms with Gasteiger partial charge in [-0.15, -0.1) is 0 Å². The fraction of sp³-hybridized carbons (Fsp3) is 0.143. The van der Waals surface area contributed by atoms with Gasteiger partial charge in [-0.2, -0.15) is 0 Å². The fourth-order valence-electron chi connectivity index (χ4n) is 2.64. The lowest BCUT2D eigenvalue weighted by Crippen LogP contribution is -2.24. The van der Waals surface area contributed by atoms with Gasteiger partial charge in [0.25, 0.3) is 11.8 Å². The van der Waals surface area contributed by atoms with Gasteiger partial charge in [-0.05, 0) is 68.4 Å². The summed E-state index contributed by atoms with van der Waals surface area (Å²) in [5.74, 6) is -0.998. The van der Waals surface area contributed by atoms with Gasteiger partial charge in [0.2, 0.25) is 0 Å². The summed E-state index contributed by atoms with van der Waals surface area (Å²) in [6, 6.07) is 14.0. The molecule has 0 spiro atoms. The molecule has 1 aromatic heterocycles. The number of carbonyl (C=O) groups is 2. The average Bonchev–Trinajstić information content (AvgIpc) is 3.01. The van der Waals surface area contributed by atoms with Crippen molar-refractivity contribution in [1.82, 2.24) is 4.68 Å². The Hall–Kier alpha value is -3.32. The zero-order valence-corrected chi connectivity index (χ0v) is 16.6. The van der Waals surface area contributed by atoms with Crippen LogP contribution in [0.1, 0.15) is 21.7 Å². The van der Waals surface area contributed by atoms with E-state index in [-0.39, 0.29) is 18.2 Å². The number of carbonyl (C=O) groups excluding carboxylic acids is 2. The minimum absolute atomic E-state index is 0.0197. The molecule has 2 N–H and O–H groups in total. The number of amides is 2. The molecule has 3 aromatic rings. The van der Waals surface area contributed by atoms with Gasteiger partial charge >= 0.3 is 0 Å². The molecule has 3 rings (SSSR count). The second kappa shape index (κ2) is 8.79. The van der Waals surface area contributed by atoms with Crippen molar-refractivity contribution in [3.05, 3.63) is 82.4 Å². The number of aromatic nitrogens is 1. The maximum absolute atomic E-state index is 13.6. The molecule has 150 valence electrons. The number of aryl methyl sites for hydroxylation is 2. The van der Waals surface area contributed by atoms with Crippen LogP contribution in [0.15, 0.2) is 54.6 Å². The van der Waals surface area contributed by atoms with Crippen LogP contribution in [-0.4, -0.2) is 23.1 Å². The Kier molecular flexibility index (Phi) is 6.19. The fourth-order valence-corrected chi connectivity index (χ4v) is 2.81. The van der Waals surface area contributed by atoms with Crippen molar-refractivity contribution < 1.29 is 18.7 Å². The largest absolute Gasteiger partial charge is 0.484 e. The molecule has 0 fully saturated rings. The van der Waals surface area contributed by atoms with E-state index in [0.29, 0.717) is 16.3 Å². The number of anilines is 1. The molecule has 0 saturated carbocycles. The van der Waals surface area contributed by atoms with Crippen molar-refractivity contribution in [3.8, 4) is 5.75 Å². The van der Waals surface area contributed by atoms with Crippen molar-refractivity contribution >= 4 is 29.1 Å². The zero-order chi connectivity index (χ0) is 21.0. The summed E-state index contributed by atoms with van der Waals surface area (Å²) >= 11 is 5.79. The van der Waals surface area contributed by atoms with Gasteiger partial charge in [0.05, 0.1) is 5.69 Å². The van der Waals surface area contributed by atoms with Gasteiger partial charge in [-0.25, -0.2) is 4.39 Å². The van der Waals surface area contributed by atoms with Crippen LogP contribution in [0.2, 0.25) is 5.02 Å². The number of hydrogen-bond donors (Lipinski definition) is 2. The maximum atomic E-state index is 13.6. The van der Waals surface area contributed by atoms with Gasteiger partial charge in [-0.1, -0.05) is 11.6 Å². The molecule has 0 aliphatic heterocycles. The van der Waals surface area contributed by atoms with Crippen molar-refractivity contribution in [2.45, 2.75) is 13.8 Å². The molecule has 0 atom stereocenters. The Morgan fingerprint density at radius 3 is 2.34 bits per heavy atom. The van der Waals surface area contributed by atoms with Crippen LogP contribution in [0, 0.1) is 19.7 Å². The number of rotatable bonds is 6. The summed E-state index contributed by atoms with van der Waals surface area (Å²) in [7, 11) is 0. The third-order valence-electron chi connectivity index (χ3n) is 4.17. The number of hydrogen-bond acceptors (Lipinski definition) is 3. The van der Waals surface area contributed by atoms with E-state index in [0.717, 1.165) is 11.4 Å². The number of nitrogens with one attached hydrogen (secondary N) is 2. The summed E-state index contributed by atoms with van der Waals surface area (Å²) in [5.41, 5.74) is 5.06. The van der Waals surface area contributed by atoms with E-state index >= 15 is 0 Å². The minimum atomic E-state index is -0.591. The molecule has 0 saturated heterocycles. The van der Waals surface area contributed by atoms with Crippen molar-refractivity contribution in [2.24, 2.45) is 0 Å². The highest BCUT2D eigenvalue weighted by Crippen LogP contribution is 2.19. The first-order chi connectivity index (χ1) is 13.8. The first-order valence-corrected chi connectivity index (χ1v) is 9.15. The molecule has 0 aliphatic rings. The zero-order valence-electron chi connectivity index (χ0n) is 15.8. The average molecular weight is 416 g/mol. The molecule has 2 amide bonds. The summed E-state index contributed by atoms with van der Waals surface area (Å²) in [6.45, 7) is 3.47. The highest BCUT2D eigenvalue weighted by atomic mass is 35.5.